The summed E-state index contributed by atoms with van der Waals surface area (Å²) in [5, 5.41) is 5.16. The molecule has 0 fully saturated rings. The van der Waals surface area contributed by atoms with Crippen molar-refractivity contribution >= 4 is 10.0 Å². The Bertz CT molecular complexity index is 694. The highest BCUT2D eigenvalue weighted by Crippen LogP contribution is 2.28. The predicted octanol–water partition coefficient (Wildman–Crippen LogP) is 1.73. The first-order valence-corrected chi connectivity index (χ1v) is 8.18. The average Bonchev–Trinajstić information content (AvgIpc) is 2.90. The average molecular weight is 309 g/mol. The van der Waals surface area contributed by atoms with Crippen LogP contribution < -0.4 is 9.88 Å². The van der Waals surface area contributed by atoms with Crippen molar-refractivity contribution in [1.82, 2.24) is 9.55 Å². The molecule has 0 spiro atoms. The molecule has 0 atom stereocenters. The Hall–Kier alpha value is -1.86. The van der Waals surface area contributed by atoms with E-state index in [2.05, 4.69) is 4.98 Å². The molecule has 114 valence electrons. The van der Waals surface area contributed by atoms with Crippen LogP contribution in [0.25, 0.3) is 0 Å². The van der Waals surface area contributed by atoms with E-state index in [1.165, 1.54) is 6.07 Å². The Morgan fingerprint density at radius 1 is 1.38 bits per heavy atom. The zero-order valence-corrected chi connectivity index (χ0v) is 12.9. The molecule has 0 unspecified atom stereocenters. The van der Waals surface area contributed by atoms with E-state index >= 15 is 0 Å². The normalized spacial score (nSPS) is 11.8. The predicted molar refractivity (Wildman–Crippen MR) is 79.6 cm³/mol. The Balaban J connectivity index is 2.15. The second-order valence-corrected chi connectivity index (χ2v) is 6.61. The summed E-state index contributed by atoms with van der Waals surface area (Å²) in [5.41, 5.74) is 0.826. The molecule has 2 rings (SSSR count). The number of sulfonamides is 1. The maximum atomic E-state index is 11.4. The third-order valence-electron chi connectivity index (χ3n) is 3.10. The topological polar surface area (TPSA) is 87.2 Å². The van der Waals surface area contributed by atoms with Gasteiger partial charge in [0, 0.05) is 12.4 Å². The third-order valence-corrected chi connectivity index (χ3v) is 4.01. The lowest BCUT2D eigenvalue weighted by Gasteiger charge is -2.15. The standard InChI is InChI=1S/C14H19N3O3S/c1-11(2)13-9-12(21(15,18)19)3-4-14(13)20-8-7-17-6-5-16-10-17/h3-6,9-11H,7-8H2,1-2H3,(H2,15,18,19). The summed E-state index contributed by atoms with van der Waals surface area (Å²) < 4.78 is 30.5. The van der Waals surface area contributed by atoms with Gasteiger partial charge in [-0.3, -0.25) is 0 Å². The molecule has 0 radical (unpaired) electrons. The molecule has 2 aromatic rings. The minimum absolute atomic E-state index is 0.105. The first-order chi connectivity index (χ1) is 9.88. The zero-order chi connectivity index (χ0) is 15.5. The van der Waals surface area contributed by atoms with Crippen LogP contribution in [0.1, 0.15) is 25.3 Å². The zero-order valence-electron chi connectivity index (χ0n) is 12.1. The van der Waals surface area contributed by atoms with Crippen LogP contribution in [0.5, 0.6) is 5.75 Å². The van der Waals surface area contributed by atoms with E-state index < -0.39 is 10.0 Å². The number of nitrogens with two attached hydrogens (primary N) is 1. The Labute approximate surface area is 124 Å². The molecule has 0 saturated carbocycles. The fourth-order valence-electron chi connectivity index (χ4n) is 1.97. The van der Waals surface area contributed by atoms with Gasteiger partial charge in [0.1, 0.15) is 12.4 Å². The van der Waals surface area contributed by atoms with Gasteiger partial charge in [-0.05, 0) is 29.7 Å². The maximum absolute atomic E-state index is 11.4. The van der Waals surface area contributed by atoms with Crippen LogP contribution >= 0.6 is 0 Å². The van der Waals surface area contributed by atoms with Crippen LogP contribution in [0.2, 0.25) is 0 Å². The number of imidazole rings is 1. The number of nitrogens with zero attached hydrogens (tertiary/aromatic N) is 2. The van der Waals surface area contributed by atoms with Crippen LogP contribution in [0.3, 0.4) is 0 Å². The number of aromatic nitrogens is 2. The minimum atomic E-state index is -3.70. The van der Waals surface area contributed by atoms with Crippen LogP contribution in [0.15, 0.2) is 41.8 Å². The molecule has 6 nitrogen and oxygen atoms in total. The van der Waals surface area contributed by atoms with Gasteiger partial charge >= 0.3 is 0 Å². The molecule has 0 aliphatic heterocycles. The van der Waals surface area contributed by atoms with Crippen molar-refractivity contribution in [3.05, 3.63) is 42.5 Å². The van der Waals surface area contributed by atoms with Gasteiger partial charge in [-0.25, -0.2) is 18.5 Å². The minimum Gasteiger partial charge on any atom is -0.491 e. The molecule has 0 saturated heterocycles. The van der Waals surface area contributed by atoms with Crippen LogP contribution in [-0.2, 0) is 16.6 Å². The highest BCUT2D eigenvalue weighted by atomic mass is 32.2. The first kappa shape index (κ1) is 15.5. The largest absolute Gasteiger partial charge is 0.491 e. The number of hydrogen-bond acceptors (Lipinski definition) is 4. The Kier molecular flexibility index (Phi) is 4.64. The van der Waals surface area contributed by atoms with Crippen molar-refractivity contribution in [1.29, 1.82) is 0 Å². The SMILES string of the molecule is CC(C)c1cc(S(N)(=O)=O)ccc1OCCn1ccnc1. The lowest BCUT2D eigenvalue weighted by atomic mass is 10.0. The molecule has 1 heterocycles. The highest BCUT2D eigenvalue weighted by molar-refractivity contribution is 7.89. The maximum Gasteiger partial charge on any atom is 0.238 e. The monoisotopic (exact) mass is 309 g/mol. The molecule has 0 amide bonds. The third kappa shape index (κ3) is 4.05. The molecule has 2 N–H and O–H groups in total. The Morgan fingerprint density at radius 3 is 2.71 bits per heavy atom. The van der Waals surface area contributed by atoms with E-state index in [9.17, 15) is 8.42 Å². The van der Waals surface area contributed by atoms with Crippen molar-refractivity contribution in [3.63, 3.8) is 0 Å². The summed E-state index contributed by atoms with van der Waals surface area (Å²) in [7, 11) is -3.70. The van der Waals surface area contributed by atoms with Gasteiger partial charge in [-0.1, -0.05) is 13.8 Å². The van der Waals surface area contributed by atoms with Crippen LogP contribution in [0, 0.1) is 0 Å². The summed E-state index contributed by atoms with van der Waals surface area (Å²) in [4.78, 5) is 4.06. The Morgan fingerprint density at radius 2 is 2.14 bits per heavy atom. The van der Waals surface area contributed by atoms with E-state index in [0.29, 0.717) is 18.9 Å². The lowest BCUT2D eigenvalue weighted by molar-refractivity contribution is 0.294. The van der Waals surface area contributed by atoms with Crippen LogP contribution in [-0.4, -0.2) is 24.6 Å². The van der Waals surface area contributed by atoms with Gasteiger partial charge in [0.05, 0.1) is 17.8 Å². The molecule has 7 heteroatoms. The summed E-state index contributed by atoms with van der Waals surface area (Å²) in [6.45, 7) is 5.11. The van der Waals surface area contributed by atoms with Gasteiger partial charge in [0.25, 0.3) is 0 Å². The van der Waals surface area contributed by atoms with E-state index in [-0.39, 0.29) is 10.8 Å². The number of benzene rings is 1. The summed E-state index contributed by atoms with van der Waals surface area (Å²) >= 11 is 0. The molecule has 0 aliphatic carbocycles. The molecule has 0 bridgehead atoms. The molecule has 1 aromatic carbocycles. The van der Waals surface area contributed by atoms with Gasteiger partial charge < -0.3 is 9.30 Å². The molecular formula is C14H19N3O3S. The van der Waals surface area contributed by atoms with Gasteiger partial charge in [0.2, 0.25) is 10.0 Å². The summed E-state index contributed by atoms with van der Waals surface area (Å²) in [6.07, 6.45) is 5.29. The summed E-state index contributed by atoms with van der Waals surface area (Å²) in [5.74, 6) is 0.812. The second kappa shape index (κ2) is 6.28. The number of primary sulfonamides is 1. The first-order valence-electron chi connectivity index (χ1n) is 6.63. The van der Waals surface area contributed by atoms with Crippen molar-refractivity contribution in [2.24, 2.45) is 5.14 Å². The van der Waals surface area contributed by atoms with Crippen molar-refractivity contribution in [3.8, 4) is 5.75 Å². The number of rotatable bonds is 6. The highest BCUT2D eigenvalue weighted by Gasteiger charge is 2.14. The molecule has 1 aromatic heterocycles. The van der Waals surface area contributed by atoms with E-state index in [4.69, 9.17) is 9.88 Å². The van der Waals surface area contributed by atoms with Crippen molar-refractivity contribution in [2.45, 2.75) is 31.2 Å². The second-order valence-electron chi connectivity index (χ2n) is 5.05. The van der Waals surface area contributed by atoms with Gasteiger partial charge in [0.15, 0.2) is 0 Å². The van der Waals surface area contributed by atoms with E-state index in [1.807, 2.05) is 24.6 Å². The molecular weight excluding hydrogens is 290 g/mol. The van der Waals surface area contributed by atoms with Crippen LogP contribution in [0.4, 0.5) is 0 Å². The molecule has 21 heavy (non-hydrogen) atoms. The summed E-state index contributed by atoms with van der Waals surface area (Å²) in [6, 6.07) is 4.70. The number of ether oxygens (including phenoxy) is 1. The van der Waals surface area contributed by atoms with Crippen molar-refractivity contribution < 1.29 is 13.2 Å². The lowest BCUT2D eigenvalue weighted by Crippen LogP contribution is -2.13. The quantitative estimate of drug-likeness (QED) is 0.880. The van der Waals surface area contributed by atoms with Crippen molar-refractivity contribution in [2.75, 3.05) is 6.61 Å². The van der Waals surface area contributed by atoms with E-state index in [0.717, 1.165) is 5.56 Å². The number of hydrogen-bond donors (Lipinski definition) is 1. The van der Waals surface area contributed by atoms with E-state index in [1.54, 1.807) is 24.7 Å². The smallest absolute Gasteiger partial charge is 0.238 e. The molecule has 0 aliphatic rings. The fourth-order valence-corrected chi connectivity index (χ4v) is 2.52. The van der Waals surface area contributed by atoms with Gasteiger partial charge in [-0.15, -0.1) is 0 Å². The van der Waals surface area contributed by atoms with Gasteiger partial charge in [-0.2, -0.15) is 0 Å². The fraction of sp³-hybridized carbons (Fsp3) is 0.357.